The average Bonchev–Trinajstić information content (AvgIpc) is 3.64. The number of carbonyl (C=O) groups excluding carboxylic acids is 2. The SMILES string of the molecule is COc1ccc(CCNC(=O)[C@H]2[C@@H]3C=C[C@@]4(CN(c5ccc6c(c5)OCO6)C(=O)[C@H]24)O3)cc1OC. The Morgan fingerprint density at radius 3 is 2.77 bits per heavy atom. The minimum Gasteiger partial charge on any atom is -0.493 e. The molecule has 4 heterocycles. The molecule has 2 saturated heterocycles. The van der Waals surface area contributed by atoms with Gasteiger partial charge in [-0.15, -0.1) is 0 Å². The molecular formula is C26H26N2O7. The Hall–Kier alpha value is -3.72. The summed E-state index contributed by atoms with van der Waals surface area (Å²) in [6.07, 6.45) is 4.07. The summed E-state index contributed by atoms with van der Waals surface area (Å²) in [5.41, 5.74) is 0.925. The third-order valence-corrected chi connectivity index (χ3v) is 7.23. The molecule has 2 aromatic carbocycles. The van der Waals surface area contributed by atoms with Crippen LogP contribution in [0.15, 0.2) is 48.6 Å². The summed E-state index contributed by atoms with van der Waals surface area (Å²) in [5, 5.41) is 3.01. The van der Waals surface area contributed by atoms with Crippen LogP contribution in [0.4, 0.5) is 5.69 Å². The Labute approximate surface area is 202 Å². The van der Waals surface area contributed by atoms with Gasteiger partial charge in [-0.25, -0.2) is 0 Å². The van der Waals surface area contributed by atoms with Gasteiger partial charge in [0, 0.05) is 18.3 Å². The minimum atomic E-state index is -0.788. The third-order valence-electron chi connectivity index (χ3n) is 7.23. The summed E-state index contributed by atoms with van der Waals surface area (Å²) in [5.74, 6) is 1.13. The van der Waals surface area contributed by atoms with E-state index in [1.165, 1.54) is 0 Å². The first kappa shape index (κ1) is 21.8. The molecule has 2 fully saturated rings. The maximum Gasteiger partial charge on any atom is 0.234 e. The maximum absolute atomic E-state index is 13.5. The Morgan fingerprint density at radius 1 is 1.11 bits per heavy atom. The number of ether oxygens (including phenoxy) is 5. The summed E-state index contributed by atoms with van der Waals surface area (Å²) in [4.78, 5) is 28.5. The summed E-state index contributed by atoms with van der Waals surface area (Å²) in [6, 6.07) is 11.1. The highest BCUT2D eigenvalue weighted by molar-refractivity contribution is 6.03. The van der Waals surface area contributed by atoms with Crippen molar-refractivity contribution in [3.05, 3.63) is 54.1 Å². The molecular weight excluding hydrogens is 452 g/mol. The molecule has 0 unspecified atom stereocenters. The average molecular weight is 479 g/mol. The molecule has 0 radical (unpaired) electrons. The van der Waals surface area contributed by atoms with Crippen LogP contribution in [0.3, 0.4) is 0 Å². The van der Waals surface area contributed by atoms with Crippen LogP contribution in [0.5, 0.6) is 23.0 Å². The Morgan fingerprint density at radius 2 is 1.94 bits per heavy atom. The molecule has 182 valence electrons. The van der Waals surface area contributed by atoms with Crippen LogP contribution in [0, 0.1) is 11.8 Å². The summed E-state index contributed by atoms with van der Waals surface area (Å²) in [6.45, 7) is 0.956. The van der Waals surface area contributed by atoms with E-state index in [0.717, 1.165) is 5.56 Å². The smallest absolute Gasteiger partial charge is 0.234 e. The molecule has 1 spiro atoms. The lowest BCUT2D eigenvalue weighted by Gasteiger charge is -2.23. The number of fused-ring (bicyclic) bond motifs is 2. The molecule has 0 aromatic heterocycles. The van der Waals surface area contributed by atoms with E-state index in [1.807, 2.05) is 36.4 Å². The molecule has 2 bridgehead atoms. The van der Waals surface area contributed by atoms with Gasteiger partial charge in [-0.1, -0.05) is 18.2 Å². The van der Waals surface area contributed by atoms with Crippen LogP contribution in [-0.4, -0.2) is 57.6 Å². The summed E-state index contributed by atoms with van der Waals surface area (Å²) in [7, 11) is 3.18. The first-order valence-corrected chi connectivity index (χ1v) is 11.6. The van der Waals surface area contributed by atoms with Crippen molar-refractivity contribution in [3.8, 4) is 23.0 Å². The zero-order chi connectivity index (χ0) is 24.2. The van der Waals surface area contributed by atoms with Gasteiger partial charge in [0.1, 0.15) is 5.60 Å². The highest BCUT2D eigenvalue weighted by Gasteiger charge is 2.67. The lowest BCUT2D eigenvalue weighted by molar-refractivity contribution is -0.131. The van der Waals surface area contributed by atoms with Gasteiger partial charge in [-0.05, 0) is 36.2 Å². The van der Waals surface area contributed by atoms with Crippen molar-refractivity contribution in [2.45, 2.75) is 18.1 Å². The zero-order valence-corrected chi connectivity index (χ0v) is 19.5. The molecule has 1 N–H and O–H groups in total. The van der Waals surface area contributed by atoms with E-state index >= 15 is 0 Å². The molecule has 4 atom stereocenters. The van der Waals surface area contributed by atoms with E-state index in [4.69, 9.17) is 23.7 Å². The van der Waals surface area contributed by atoms with Crippen LogP contribution in [-0.2, 0) is 20.7 Å². The normalized spacial score (nSPS) is 27.3. The fraction of sp³-hybridized carbons (Fsp3) is 0.385. The van der Waals surface area contributed by atoms with Gasteiger partial charge >= 0.3 is 0 Å². The number of rotatable bonds is 7. The Balaban J connectivity index is 1.15. The van der Waals surface area contributed by atoms with E-state index in [1.54, 1.807) is 31.3 Å². The van der Waals surface area contributed by atoms with Crippen LogP contribution in [0.2, 0.25) is 0 Å². The quantitative estimate of drug-likeness (QED) is 0.609. The zero-order valence-electron chi connectivity index (χ0n) is 19.5. The van der Waals surface area contributed by atoms with Crippen molar-refractivity contribution in [1.29, 1.82) is 0 Å². The topological polar surface area (TPSA) is 95.6 Å². The van der Waals surface area contributed by atoms with Crippen LogP contribution in [0.1, 0.15) is 5.56 Å². The number of nitrogens with zero attached hydrogens (tertiary/aromatic N) is 1. The van der Waals surface area contributed by atoms with Crippen molar-refractivity contribution >= 4 is 17.5 Å². The molecule has 4 aliphatic rings. The third kappa shape index (κ3) is 3.41. The van der Waals surface area contributed by atoms with Gasteiger partial charge < -0.3 is 33.9 Å². The van der Waals surface area contributed by atoms with Crippen molar-refractivity contribution < 1.29 is 33.3 Å². The monoisotopic (exact) mass is 478 g/mol. The Kier molecular flexibility index (Phi) is 5.10. The second-order valence-corrected chi connectivity index (χ2v) is 9.09. The van der Waals surface area contributed by atoms with Gasteiger partial charge in [0.05, 0.1) is 38.7 Å². The number of hydrogen-bond donors (Lipinski definition) is 1. The van der Waals surface area contributed by atoms with Crippen LogP contribution in [0.25, 0.3) is 0 Å². The molecule has 0 saturated carbocycles. The Bertz CT molecular complexity index is 1230. The fourth-order valence-electron chi connectivity index (χ4n) is 5.55. The predicted molar refractivity (Wildman–Crippen MR) is 125 cm³/mol. The highest BCUT2D eigenvalue weighted by atomic mass is 16.7. The number of carbonyl (C=O) groups is 2. The number of benzene rings is 2. The van der Waals surface area contributed by atoms with Crippen molar-refractivity contribution in [1.82, 2.24) is 5.32 Å². The predicted octanol–water partition coefficient (Wildman–Crippen LogP) is 2.08. The lowest BCUT2D eigenvalue weighted by atomic mass is 9.77. The summed E-state index contributed by atoms with van der Waals surface area (Å²) >= 11 is 0. The van der Waals surface area contributed by atoms with Crippen LogP contribution < -0.4 is 29.2 Å². The van der Waals surface area contributed by atoms with E-state index < -0.39 is 23.5 Å². The van der Waals surface area contributed by atoms with Gasteiger partial charge in [0.25, 0.3) is 0 Å². The lowest BCUT2D eigenvalue weighted by Crippen LogP contribution is -2.44. The van der Waals surface area contributed by atoms with Crippen molar-refractivity contribution in [2.75, 3.05) is 39.0 Å². The standard InChI is InChI=1S/C26H26N2O7/c1-31-17-5-3-15(11-20(17)32-2)8-10-27-24(29)22-19-7-9-26(35-19)13-28(25(30)23(22)26)16-4-6-18-21(12-16)34-14-33-18/h3-7,9,11-12,19,22-23H,8,10,13-14H2,1-2H3,(H,27,29)/t19-,22-,23-,26-/m0/s1. The molecule has 9 nitrogen and oxygen atoms in total. The first-order valence-electron chi connectivity index (χ1n) is 11.6. The van der Waals surface area contributed by atoms with Crippen molar-refractivity contribution in [3.63, 3.8) is 0 Å². The maximum atomic E-state index is 13.5. The molecule has 35 heavy (non-hydrogen) atoms. The molecule has 9 heteroatoms. The van der Waals surface area contributed by atoms with Gasteiger partial charge in [-0.2, -0.15) is 0 Å². The van der Waals surface area contributed by atoms with Crippen LogP contribution >= 0.6 is 0 Å². The molecule has 2 amide bonds. The summed E-state index contributed by atoms with van der Waals surface area (Å²) < 4.78 is 27.7. The number of methoxy groups -OCH3 is 2. The van der Waals surface area contributed by atoms with E-state index in [9.17, 15) is 9.59 Å². The molecule has 6 rings (SSSR count). The van der Waals surface area contributed by atoms with E-state index in [-0.39, 0.29) is 18.6 Å². The number of nitrogens with one attached hydrogen (secondary N) is 1. The second-order valence-electron chi connectivity index (χ2n) is 9.09. The largest absolute Gasteiger partial charge is 0.493 e. The minimum absolute atomic E-state index is 0.115. The number of hydrogen-bond acceptors (Lipinski definition) is 7. The fourth-order valence-corrected chi connectivity index (χ4v) is 5.55. The van der Waals surface area contributed by atoms with Gasteiger partial charge in [0.2, 0.25) is 18.6 Å². The molecule has 0 aliphatic carbocycles. The molecule has 2 aromatic rings. The van der Waals surface area contributed by atoms with E-state index in [2.05, 4.69) is 5.32 Å². The van der Waals surface area contributed by atoms with Gasteiger partial charge in [-0.3, -0.25) is 9.59 Å². The van der Waals surface area contributed by atoms with Gasteiger partial charge in [0.15, 0.2) is 23.0 Å². The number of amides is 2. The number of anilines is 1. The molecule has 4 aliphatic heterocycles. The first-order chi connectivity index (χ1) is 17.0. The second kappa shape index (κ2) is 8.20. The van der Waals surface area contributed by atoms with Crippen molar-refractivity contribution in [2.24, 2.45) is 11.8 Å². The highest BCUT2D eigenvalue weighted by Crippen LogP contribution is 2.53. The van der Waals surface area contributed by atoms with E-state index in [0.29, 0.717) is 48.2 Å².